The van der Waals surface area contributed by atoms with Gasteiger partial charge >= 0.3 is 5.97 Å². The van der Waals surface area contributed by atoms with Crippen molar-refractivity contribution >= 4 is 26.8 Å². The SMILES string of the molecule is Cn1c(S(=O)(=O)C[C@@H]2C[C@H](CC(=O)OC(C)(C)Cc3ccccc3)OC(C)(C)O2)nc2ccccc21. The summed E-state index contributed by atoms with van der Waals surface area (Å²) in [6.45, 7) is 7.19. The van der Waals surface area contributed by atoms with Gasteiger partial charge in [0.2, 0.25) is 15.0 Å². The Labute approximate surface area is 212 Å². The Hall–Kier alpha value is -2.75. The first-order valence-corrected chi connectivity index (χ1v) is 13.7. The van der Waals surface area contributed by atoms with Crippen molar-refractivity contribution in [2.45, 2.75) is 75.7 Å². The molecule has 0 unspecified atom stereocenters. The molecule has 4 rings (SSSR count). The van der Waals surface area contributed by atoms with Crippen LogP contribution in [0.2, 0.25) is 0 Å². The molecule has 2 atom stereocenters. The van der Waals surface area contributed by atoms with E-state index in [1.165, 1.54) is 0 Å². The first-order valence-electron chi connectivity index (χ1n) is 12.1. The fraction of sp³-hybridized carbons (Fsp3) is 0.481. The van der Waals surface area contributed by atoms with Crippen molar-refractivity contribution in [1.82, 2.24) is 9.55 Å². The number of para-hydroxylation sites is 2. The first-order chi connectivity index (χ1) is 16.8. The maximum Gasteiger partial charge on any atom is 0.308 e. The van der Waals surface area contributed by atoms with Gasteiger partial charge in [0.15, 0.2) is 5.79 Å². The normalized spacial score (nSPS) is 20.4. The second-order valence-electron chi connectivity index (χ2n) is 10.4. The van der Waals surface area contributed by atoms with Gasteiger partial charge in [-0.2, -0.15) is 0 Å². The molecule has 194 valence electrons. The number of carbonyl (C=O) groups excluding carboxylic acids is 1. The van der Waals surface area contributed by atoms with E-state index < -0.39 is 39.4 Å². The van der Waals surface area contributed by atoms with Gasteiger partial charge in [0, 0.05) is 19.9 Å². The number of carbonyl (C=O) groups is 1. The molecule has 0 spiro atoms. The Balaban J connectivity index is 1.42. The smallest absolute Gasteiger partial charge is 0.308 e. The van der Waals surface area contributed by atoms with Crippen molar-refractivity contribution in [3.8, 4) is 0 Å². The molecule has 1 aliphatic rings. The summed E-state index contributed by atoms with van der Waals surface area (Å²) in [4.78, 5) is 17.2. The van der Waals surface area contributed by atoms with Gasteiger partial charge in [0.25, 0.3) is 0 Å². The Morgan fingerprint density at radius 3 is 2.42 bits per heavy atom. The molecule has 0 aliphatic carbocycles. The van der Waals surface area contributed by atoms with Gasteiger partial charge in [-0.05, 0) is 45.4 Å². The highest BCUT2D eigenvalue weighted by Gasteiger charge is 2.40. The number of hydrogen-bond donors (Lipinski definition) is 0. The molecule has 0 bridgehead atoms. The average Bonchev–Trinajstić information content (AvgIpc) is 3.10. The Morgan fingerprint density at radius 2 is 1.72 bits per heavy atom. The molecule has 1 aromatic heterocycles. The van der Waals surface area contributed by atoms with Crippen LogP contribution in [0.5, 0.6) is 0 Å². The van der Waals surface area contributed by atoms with Crippen molar-refractivity contribution in [1.29, 1.82) is 0 Å². The van der Waals surface area contributed by atoms with E-state index >= 15 is 0 Å². The summed E-state index contributed by atoms with van der Waals surface area (Å²) in [5, 5.41) is -0.00443. The summed E-state index contributed by atoms with van der Waals surface area (Å²) in [5.74, 6) is -1.70. The third kappa shape index (κ3) is 6.32. The van der Waals surface area contributed by atoms with Crippen molar-refractivity contribution in [2.24, 2.45) is 7.05 Å². The van der Waals surface area contributed by atoms with E-state index in [-0.39, 0.29) is 23.8 Å². The number of rotatable bonds is 8. The van der Waals surface area contributed by atoms with Crippen LogP contribution in [0.25, 0.3) is 11.0 Å². The molecule has 1 saturated heterocycles. The van der Waals surface area contributed by atoms with Crippen LogP contribution in [-0.4, -0.2) is 53.3 Å². The first kappa shape index (κ1) is 26.3. The highest BCUT2D eigenvalue weighted by Crippen LogP contribution is 2.31. The van der Waals surface area contributed by atoms with Gasteiger partial charge in [-0.15, -0.1) is 0 Å². The summed E-state index contributed by atoms with van der Waals surface area (Å²) in [7, 11) is -2.08. The summed E-state index contributed by atoms with van der Waals surface area (Å²) in [6, 6.07) is 17.1. The van der Waals surface area contributed by atoms with Crippen LogP contribution in [0.15, 0.2) is 59.8 Å². The summed E-state index contributed by atoms with van der Waals surface area (Å²) in [6.07, 6.45) is -0.351. The summed E-state index contributed by atoms with van der Waals surface area (Å²) in [5.41, 5.74) is 1.74. The zero-order chi connectivity index (χ0) is 26.1. The molecule has 0 saturated carbocycles. The predicted molar refractivity (Wildman–Crippen MR) is 136 cm³/mol. The number of aromatic nitrogens is 2. The van der Waals surface area contributed by atoms with Gasteiger partial charge in [-0.1, -0.05) is 42.5 Å². The number of sulfone groups is 1. The van der Waals surface area contributed by atoms with E-state index in [4.69, 9.17) is 14.2 Å². The molecule has 9 heteroatoms. The average molecular weight is 515 g/mol. The molecule has 0 radical (unpaired) electrons. The maximum atomic E-state index is 13.3. The van der Waals surface area contributed by atoms with Crippen molar-refractivity contribution in [2.75, 3.05) is 5.75 Å². The van der Waals surface area contributed by atoms with Gasteiger partial charge in [-0.25, -0.2) is 13.4 Å². The fourth-order valence-corrected chi connectivity index (χ4v) is 6.42. The number of imidazole rings is 1. The molecule has 0 amide bonds. The maximum absolute atomic E-state index is 13.3. The lowest BCUT2D eigenvalue weighted by Crippen LogP contribution is -2.48. The standard InChI is InChI=1S/C27H34N2O6S/c1-26(2,17-19-11-7-6-8-12-19)35-24(30)16-20-15-21(34-27(3,4)33-20)18-36(31,32)25-28-22-13-9-10-14-23(22)29(25)5/h6-14,20-21H,15-18H2,1-5H3/t20-,21+/m1/s1. The zero-order valence-electron chi connectivity index (χ0n) is 21.4. The lowest BCUT2D eigenvalue weighted by Gasteiger charge is -2.40. The number of fused-ring (bicyclic) bond motifs is 1. The minimum Gasteiger partial charge on any atom is -0.459 e. The van der Waals surface area contributed by atoms with Crippen LogP contribution in [0, 0.1) is 0 Å². The van der Waals surface area contributed by atoms with E-state index in [0.717, 1.165) is 11.1 Å². The number of benzene rings is 2. The Morgan fingerprint density at radius 1 is 1.08 bits per heavy atom. The predicted octanol–water partition coefficient (Wildman–Crippen LogP) is 4.21. The van der Waals surface area contributed by atoms with Crippen LogP contribution in [-0.2, 0) is 42.3 Å². The van der Waals surface area contributed by atoms with Crippen molar-refractivity contribution in [3.63, 3.8) is 0 Å². The van der Waals surface area contributed by atoms with E-state index in [1.54, 1.807) is 31.5 Å². The number of ether oxygens (including phenoxy) is 3. The monoisotopic (exact) mass is 514 g/mol. The zero-order valence-corrected chi connectivity index (χ0v) is 22.2. The number of hydrogen-bond acceptors (Lipinski definition) is 7. The second kappa shape index (κ2) is 9.95. The van der Waals surface area contributed by atoms with E-state index in [9.17, 15) is 13.2 Å². The van der Waals surface area contributed by atoms with Crippen LogP contribution in [0.3, 0.4) is 0 Å². The van der Waals surface area contributed by atoms with Crippen LogP contribution in [0.1, 0.15) is 46.1 Å². The van der Waals surface area contributed by atoms with Gasteiger partial charge in [0.05, 0.1) is 35.4 Å². The quantitative estimate of drug-likeness (QED) is 0.416. The number of nitrogens with zero attached hydrogens (tertiary/aromatic N) is 2. The second-order valence-corrected chi connectivity index (χ2v) is 12.4. The highest BCUT2D eigenvalue weighted by atomic mass is 32.2. The summed E-state index contributed by atoms with van der Waals surface area (Å²) >= 11 is 0. The lowest BCUT2D eigenvalue weighted by molar-refractivity contribution is -0.295. The molecule has 2 heterocycles. The minimum atomic E-state index is -3.76. The Bertz CT molecular complexity index is 1330. The van der Waals surface area contributed by atoms with Crippen LogP contribution in [0.4, 0.5) is 0 Å². The van der Waals surface area contributed by atoms with Gasteiger partial charge in [0.1, 0.15) is 5.60 Å². The molecule has 3 aromatic rings. The molecule has 2 aromatic carbocycles. The number of aryl methyl sites for hydroxylation is 1. The van der Waals surface area contributed by atoms with E-state index in [1.807, 2.05) is 62.4 Å². The molecule has 36 heavy (non-hydrogen) atoms. The molecule has 0 N–H and O–H groups in total. The molecule has 1 fully saturated rings. The van der Waals surface area contributed by atoms with Crippen molar-refractivity contribution < 1.29 is 27.4 Å². The Kier molecular flexibility index (Phi) is 7.28. The molecule has 8 nitrogen and oxygen atoms in total. The van der Waals surface area contributed by atoms with E-state index in [0.29, 0.717) is 11.9 Å². The lowest BCUT2D eigenvalue weighted by atomic mass is 9.98. The third-order valence-corrected chi connectivity index (χ3v) is 7.85. The van der Waals surface area contributed by atoms with Crippen molar-refractivity contribution in [3.05, 3.63) is 60.2 Å². The third-order valence-electron chi connectivity index (χ3n) is 6.11. The van der Waals surface area contributed by atoms with Gasteiger partial charge < -0.3 is 18.8 Å². The fourth-order valence-electron chi connectivity index (χ4n) is 4.83. The van der Waals surface area contributed by atoms with Crippen LogP contribution >= 0.6 is 0 Å². The summed E-state index contributed by atoms with van der Waals surface area (Å²) < 4.78 is 45.9. The highest BCUT2D eigenvalue weighted by molar-refractivity contribution is 7.91. The molecule has 1 aliphatic heterocycles. The molecular formula is C27H34N2O6S. The topological polar surface area (TPSA) is 96.7 Å². The minimum absolute atomic E-state index is 0.00443. The largest absolute Gasteiger partial charge is 0.459 e. The molecular weight excluding hydrogens is 480 g/mol. The van der Waals surface area contributed by atoms with E-state index in [2.05, 4.69) is 4.98 Å². The number of esters is 1. The van der Waals surface area contributed by atoms with Gasteiger partial charge in [-0.3, -0.25) is 4.79 Å². The van der Waals surface area contributed by atoms with Crippen LogP contribution < -0.4 is 0 Å².